The number of rotatable bonds is 5. The zero-order valence-electron chi connectivity index (χ0n) is 13.3. The number of carbonyl (C=O) groups excluding carboxylic acids is 2. The molecule has 3 rings (SSSR count). The molecule has 0 unspecified atom stereocenters. The summed E-state index contributed by atoms with van der Waals surface area (Å²) in [5.74, 6) is 0.770. The van der Waals surface area contributed by atoms with Crippen molar-refractivity contribution in [2.24, 2.45) is 0 Å². The third-order valence-electron chi connectivity index (χ3n) is 3.90. The number of hydrogen-bond donors (Lipinski definition) is 0. The molecule has 0 saturated carbocycles. The van der Waals surface area contributed by atoms with E-state index in [1.807, 2.05) is 30.3 Å². The van der Waals surface area contributed by atoms with Crippen LogP contribution in [0.2, 0.25) is 0 Å². The summed E-state index contributed by atoms with van der Waals surface area (Å²) in [5, 5.41) is 1.75. The molecule has 0 aliphatic carbocycles. The number of carbonyl (C=O) groups is 2. The number of ether oxygens (including phenoxy) is 1. The molecule has 0 spiro atoms. The fourth-order valence-electron chi connectivity index (χ4n) is 2.57. The standard InChI is InChI=1S/C17H19N3O3S/c21-16(6-11-23-14-4-2-1-3-5-14)19-7-9-20(10-8-19)17(22)15-12-24-13-18-15/h1-5,12-13H,6-11H2. The van der Waals surface area contributed by atoms with Crippen molar-refractivity contribution in [2.75, 3.05) is 32.8 Å². The maximum Gasteiger partial charge on any atom is 0.273 e. The van der Waals surface area contributed by atoms with E-state index in [9.17, 15) is 9.59 Å². The van der Waals surface area contributed by atoms with Crippen LogP contribution in [-0.2, 0) is 4.79 Å². The monoisotopic (exact) mass is 345 g/mol. The summed E-state index contributed by atoms with van der Waals surface area (Å²) in [5.41, 5.74) is 2.13. The van der Waals surface area contributed by atoms with Crippen LogP contribution in [0.15, 0.2) is 41.2 Å². The topological polar surface area (TPSA) is 62.7 Å². The fraction of sp³-hybridized carbons (Fsp3) is 0.353. The number of benzene rings is 1. The van der Waals surface area contributed by atoms with E-state index in [0.717, 1.165) is 5.75 Å². The van der Waals surface area contributed by atoms with Gasteiger partial charge in [-0.25, -0.2) is 4.98 Å². The Morgan fingerprint density at radius 3 is 2.46 bits per heavy atom. The number of thiazole rings is 1. The van der Waals surface area contributed by atoms with Gasteiger partial charge in [-0.2, -0.15) is 0 Å². The summed E-state index contributed by atoms with van der Waals surface area (Å²) in [6, 6.07) is 9.45. The first-order valence-electron chi connectivity index (χ1n) is 7.87. The second-order valence-corrected chi connectivity index (χ2v) is 6.18. The van der Waals surface area contributed by atoms with Crippen LogP contribution in [0.3, 0.4) is 0 Å². The molecule has 24 heavy (non-hydrogen) atoms. The molecule has 0 radical (unpaired) electrons. The lowest BCUT2D eigenvalue weighted by atomic mass is 10.2. The fourth-order valence-corrected chi connectivity index (χ4v) is 3.10. The quantitative estimate of drug-likeness (QED) is 0.830. The van der Waals surface area contributed by atoms with E-state index < -0.39 is 0 Å². The molecule has 2 amide bonds. The largest absolute Gasteiger partial charge is 0.493 e. The maximum absolute atomic E-state index is 12.2. The zero-order chi connectivity index (χ0) is 16.8. The predicted molar refractivity (Wildman–Crippen MR) is 91.2 cm³/mol. The van der Waals surface area contributed by atoms with Crippen molar-refractivity contribution < 1.29 is 14.3 Å². The highest BCUT2D eigenvalue weighted by molar-refractivity contribution is 7.07. The Hall–Kier alpha value is -2.41. The predicted octanol–water partition coefficient (Wildman–Crippen LogP) is 1.90. The van der Waals surface area contributed by atoms with Gasteiger partial charge in [-0.15, -0.1) is 11.3 Å². The minimum atomic E-state index is -0.0595. The first-order valence-corrected chi connectivity index (χ1v) is 8.81. The van der Waals surface area contributed by atoms with Crippen LogP contribution < -0.4 is 4.74 Å². The lowest BCUT2D eigenvalue weighted by Crippen LogP contribution is -2.50. The summed E-state index contributed by atoms with van der Waals surface area (Å²) in [7, 11) is 0. The Labute approximate surface area is 144 Å². The average molecular weight is 345 g/mol. The second-order valence-electron chi connectivity index (χ2n) is 5.46. The molecule has 0 bridgehead atoms. The molecule has 7 heteroatoms. The molecule has 0 atom stereocenters. The normalized spacial score (nSPS) is 14.5. The molecule has 1 aliphatic heterocycles. The molecular weight excluding hydrogens is 326 g/mol. The molecule has 126 valence electrons. The number of nitrogens with zero attached hydrogens (tertiary/aromatic N) is 3. The van der Waals surface area contributed by atoms with Crippen LogP contribution in [0.1, 0.15) is 16.9 Å². The Balaban J connectivity index is 1.41. The molecule has 0 N–H and O–H groups in total. The summed E-state index contributed by atoms with van der Waals surface area (Å²) in [6.45, 7) is 2.56. The van der Waals surface area contributed by atoms with Gasteiger partial charge in [0.05, 0.1) is 18.5 Å². The van der Waals surface area contributed by atoms with Crippen LogP contribution >= 0.6 is 11.3 Å². The van der Waals surface area contributed by atoms with Crippen molar-refractivity contribution in [2.45, 2.75) is 6.42 Å². The van der Waals surface area contributed by atoms with Gasteiger partial charge >= 0.3 is 0 Å². The van der Waals surface area contributed by atoms with Crippen LogP contribution in [0.25, 0.3) is 0 Å². The molecule has 1 fully saturated rings. The lowest BCUT2D eigenvalue weighted by molar-refractivity contribution is -0.133. The van der Waals surface area contributed by atoms with Gasteiger partial charge in [-0.05, 0) is 12.1 Å². The lowest BCUT2D eigenvalue weighted by Gasteiger charge is -2.34. The van der Waals surface area contributed by atoms with Gasteiger partial charge in [0.15, 0.2) is 0 Å². The van der Waals surface area contributed by atoms with Crippen LogP contribution in [0.4, 0.5) is 0 Å². The van der Waals surface area contributed by atoms with Crippen molar-refractivity contribution in [3.8, 4) is 5.75 Å². The summed E-state index contributed by atoms with van der Waals surface area (Å²) >= 11 is 1.41. The highest BCUT2D eigenvalue weighted by Gasteiger charge is 2.25. The van der Waals surface area contributed by atoms with E-state index in [2.05, 4.69) is 4.98 Å². The number of piperazine rings is 1. The average Bonchev–Trinajstić information content (AvgIpc) is 3.17. The van der Waals surface area contributed by atoms with Gasteiger partial charge in [0.2, 0.25) is 5.91 Å². The van der Waals surface area contributed by atoms with Gasteiger partial charge in [-0.1, -0.05) is 18.2 Å². The van der Waals surface area contributed by atoms with Crippen LogP contribution in [0, 0.1) is 0 Å². The molecular formula is C17H19N3O3S. The van der Waals surface area contributed by atoms with E-state index in [0.29, 0.717) is 44.9 Å². The number of aromatic nitrogens is 1. The van der Waals surface area contributed by atoms with Gasteiger partial charge in [-0.3, -0.25) is 9.59 Å². The Kier molecular flexibility index (Phi) is 5.43. The Morgan fingerprint density at radius 1 is 1.08 bits per heavy atom. The van der Waals surface area contributed by atoms with E-state index >= 15 is 0 Å². The van der Waals surface area contributed by atoms with Crippen LogP contribution in [0.5, 0.6) is 5.75 Å². The molecule has 6 nitrogen and oxygen atoms in total. The molecule has 1 aromatic heterocycles. The minimum Gasteiger partial charge on any atom is -0.493 e. The molecule has 2 aromatic rings. The van der Waals surface area contributed by atoms with Gasteiger partial charge in [0.1, 0.15) is 11.4 Å². The molecule has 1 saturated heterocycles. The summed E-state index contributed by atoms with van der Waals surface area (Å²) < 4.78 is 5.56. The van der Waals surface area contributed by atoms with Gasteiger partial charge < -0.3 is 14.5 Å². The van der Waals surface area contributed by atoms with Crippen molar-refractivity contribution in [3.63, 3.8) is 0 Å². The Bertz CT molecular complexity index is 668. The molecule has 1 aromatic carbocycles. The Morgan fingerprint density at radius 2 is 1.79 bits per heavy atom. The van der Waals surface area contributed by atoms with Crippen LogP contribution in [-0.4, -0.2) is 59.4 Å². The first-order chi connectivity index (χ1) is 11.7. The minimum absolute atomic E-state index is 0.0595. The van der Waals surface area contributed by atoms with Crippen molar-refractivity contribution in [3.05, 3.63) is 46.9 Å². The van der Waals surface area contributed by atoms with Crippen molar-refractivity contribution in [1.29, 1.82) is 0 Å². The SMILES string of the molecule is O=C(CCOc1ccccc1)N1CCN(C(=O)c2cscn2)CC1. The smallest absolute Gasteiger partial charge is 0.273 e. The third kappa shape index (κ3) is 4.11. The van der Waals surface area contributed by atoms with E-state index in [1.165, 1.54) is 11.3 Å². The number of hydrogen-bond acceptors (Lipinski definition) is 5. The third-order valence-corrected chi connectivity index (χ3v) is 4.49. The zero-order valence-corrected chi connectivity index (χ0v) is 14.1. The highest BCUT2D eigenvalue weighted by atomic mass is 32.1. The van der Waals surface area contributed by atoms with E-state index in [4.69, 9.17) is 4.74 Å². The first kappa shape index (κ1) is 16.4. The summed E-state index contributed by atoms with van der Waals surface area (Å²) in [6.07, 6.45) is 0.342. The van der Waals surface area contributed by atoms with Crippen molar-refractivity contribution in [1.82, 2.24) is 14.8 Å². The van der Waals surface area contributed by atoms with E-state index in [-0.39, 0.29) is 11.8 Å². The number of para-hydroxylation sites is 1. The number of amides is 2. The van der Waals surface area contributed by atoms with E-state index in [1.54, 1.807) is 20.7 Å². The van der Waals surface area contributed by atoms with Gasteiger partial charge in [0.25, 0.3) is 5.91 Å². The van der Waals surface area contributed by atoms with Crippen molar-refractivity contribution >= 4 is 23.2 Å². The molecule has 1 aliphatic rings. The second kappa shape index (κ2) is 7.92. The molecule has 2 heterocycles. The maximum atomic E-state index is 12.2. The highest BCUT2D eigenvalue weighted by Crippen LogP contribution is 2.11. The summed E-state index contributed by atoms with van der Waals surface area (Å²) in [4.78, 5) is 32.0. The van der Waals surface area contributed by atoms with Gasteiger partial charge in [0, 0.05) is 31.6 Å².